The van der Waals surface area contributed by atoms with Gasteiger partial charge < -0.3 is 14.9 Å². The predicted octanol–water partition coefficient (Wildman–Crippen LogP) is 1.93. The number of rotatable bonds is 6. The van der Waals surface area contributed by atoms with Crippen molar-refractivity contribution in [3.63, 3.8) is 0 Å². The van der Waals surface area contributed by atoms with Gasteiger partial charge in [0.15, 0.2) is 0 Å². The van der Waals surface area contributed by atoms with E-state index in [0.29, 0.717) is 12.4 Å². The fraction of sp³-hybridized carbons (Fsp3) is 0.417. The molecule has 0 amide bonds. The third kappa shape index (κ3) is 3.71. The van der Waals surface area contributed by atoms with Gasteiger partial charge in [0, 0.05) is 0 Å². The van der Waals surface area contributed by atoms with Crippen molar-refractivity contribution >= 4 is 5.97 Å². The molecule has 0 bridgehead atoms. The second-order valence-corrected chi connectivity index (χ2v) is 3.60. The Morgan fingerprint density at radius 3 is 2.47 bits per heavy atom. The highest BCUT2D eigenvalue weighted by Crippen LogP contribution is 2.22. The summed E-state index contributed by atoms with van der Waals surface area (Å²) in [5, 5.41) is 17.9. The van der Waals surface area contributed by atoms with Crippen LogP contribution in [0.15, 0.2) is 24.3 Å². The number of hydrogen-bond acceptors (Lipinski definition) is 3. The monoisotopic (exact) mass is 242 g/mol. The van der Waals surface area contributed by atoms with Crippen molar-refractivity contribution in [2.24, 2.45) is 0 Å². The minimum atomic E-state index is -2.32. The van der Waals surface area contributed by atoms with Gasteiger partial charge >= 0.3 is 5.97 Å². The SMILES string of the molecule is CCCOc1ccc(C(O)C(F)C(=O)O)cc1. The summed E-state index contributed by atoms with van der Waals surface area (Å²) in [7, 11) is 0. The van der Waals surface area contributed by atoms with Crippen molar-refractivity contribution < 1.29 is 24.1 Å². The summed E-state index contributed by atoms with van der Waals surface area (Å²) >= 11 is 0. The first-order valence-electron chi connectivity index (χ1n) is 5.34. The Balaban J connectivity index is 2.69. The van der Waals surface area contributed by atoms with Gasteiger partial charge in [0.1, 0.15) is 11.9 Å². The lowest BCUT2D eigenvalue weighted by Gasteiger charge is -2.13. The maximum Gasteiger partial charge on any atom is 0.341 e. The topological polar surface area (TPSA) is 66.8 Å². The second kappa shape index (κ2) is 6.20. The molecule has 5 heteroatoms. The van der Waals surface area contributed by atoms with E-state index in [1.54, 1.807) is 12.1 Å². The number of halogens is 1. The van der Waals surface area contributed by atoms with Crippen LogP contribution < -0.4 is 4.74 Å². The van der Waals surface area contributed by atoms with Gasteiger partial charge in [-0.1, -0.05) is 19.1 Å². The molecule has 0 aromatic heterocycles. The second-order valence-electron chi connectivity index (χ2n) is 3.60. The third-order valence-corrected chi connectivity index (χ3v) is 2.21. The average molecular weight is 242 g/mol. The summed E-state index contributed by atoms with van der Waals surface area (Å²) in [5.74, 6) is -1.07. The molecule has 17 heavy (non-hydrogen) atoms. The van der Waals surface area contributed by atoms with Gasteiger partial charge in [-0.15, -0.1) is 0 Å². The quantitative estimate of drug-likeness (QED) is 0.799. The van der Waals surface area contributed by atoms with Crippen LogP contribution in [0, 0.1) is 0 Å². The lowest BCUT2D eigenvalue weighted by Crippen LogP contribution is -2.23. The predicted molar refractivity (Wildman–Crippen MR) is 59.7 cm³/mol. The van der Waals surface area contributed by atoms with E-state index in [1.165, 1.54) is 12.1 Å². The normalized spacial score (nSPS) is 14.1. The molecule has 0 aliphatic carbocycles. The molecule has 0 spiro atoms. The Labute approximate surface area is 98.7 Å². The first kappa shape index (κ1) is 13.4. The van der Waals surface area contributed by atoms with Gasteiger partial charge in [-0.05, 0) is 24.1 Å². The number of carboxylic acid groups (broad SMARTS) is 1. The average Bonchev–Trinajstić information content (AvgIpc) is 2.35. The fourth-order valence-corrected chi connectivity index (χ4v) is 1.29. The van der Waals surface area contributed by atoms with Crippen LogP contribution in [0.3, 0.4) is 0 Å². The largest absolute Gasteiger partial charge is 0.494 e. The summed E-state index contributed by atoms with van der Waals surface area (Å²) < 4.78 is 18.3. The van der Waals surface area contributed by atoms with E-state index in [1.807, 2.05) is 6.92 Å². The van der Waals surface area contributed by atoms with Crippen LogP contribution in [0.1, 0.15) is 25.0 Å². The molecule has 1 rings (SSSR count). The van der Waals surface area contributed by atoms with E-state index in [2.05, 4.69) is 0 Å². The number of aliphatic hydroxyl groups is 1. The highest BCUT2D eigenvalue weighted by Gasteiger charge is 2.27. The van der Waals surface area contributed by atoms with Crippen molar-refractivity contribution in [2.75, 3.05) is 6.61 Å². The van der Waals surface area contributed by atoms with Crippen LogP contribution in [0.25, 0.3) is 0 Å². The van der Waals surface area contributed by atoms with Gasteiger partial charge in [0.25, 0.3) is 0 Å². The molecule has 94 valence electrons. The van der Waals surface area contributed by atoms with Crippen LogP contribution in [-0.4, -0.2) is 29.0 Å². The van der Waals surface area contributed by atoms with Crippen molar-refractivity contribution in [1.82, 2.24) is 0 Å². The van der Waals surface area contributed by atoms with Crippen LogP contribution in [0.4, 0.5) is 4.39 Å². The highest BCUT2D eigenvalue weighted by molar-refractivity contribution is 5.73. The standard InChI is InChI=1S/C12H15FO4/c1-2-7-17-9-5-3-8(4-6-9)11(14)10(13)12(15)16/h3-6,10-11,14H,2,7H2,1H3,(H,15,16). The van der Waals surface area contributed by atoms with Gasteiger partial charge in [0.05, 0.1) is 6.61 Å². The number of carbonyl (C=O) groups is 1. The minimum absolute atomic E-state index is 0.212. The molecular formula is C12H15FO4. The molecule has 1 aromatic rings. The number of benzene rings is 1. The Morgan fingerprint density at radius 2 is 2.00 bits per heavy atom. The van der Waals surface area contributed by atoms with Crippen molar-refractivity contribution in [2.45, 2.75) is 25.6 Å². The molecule has 4 nitrogen and oxygen atoms in total. The summed E-state index contributed by atoms with van der Waals surface area (Å²) in [6.45, 7) is 2.54. The molecule has 0 heterocycles. The number of carboxylic acids is 1. The molecule has 0 saturated carbocycles. The lowest BCUT2D eigenvalue weighted by molar-refractivity contribution is -0.147. The molecule has 2 N–H and O–H groups in total. The van der Waals surface area contributed by atoms with Crippen LogP contribution >= 0.6 is 0 Å². The zero-order chi connectivity index (χ0) is 12.8. The Hall–Kier alpha value is -1.62. The van der Waals surface area contributed by atoms with Crippen LogP contribution in [0.5, 0.6) is 5.75 Å². The first-order chi connectivity index (χ1) is 8.06. The Kier molecular flexibility index (Phi) is 4.90. The van der Waals surface area contributed by atoms with Gasteiger partial charge in [0.2, 0.25) is 6.17 Å². The number of aliphatic hydroxyl groups excluding tert-OH is 1. The summed E-state index contributed by atoms with van der Waals surface area (Å²) in [6.07, 6.45) is -3.11. The number of aliphatic carboxylic acids is 1. The van der Waals surface area contributed by atoms with Crippen molar-refractivity contribution in [1.29, 1.82) is 0 Å². The number of alkyl halides is 1. The third-order valence-electron chi connectivity index (χ3n) is 2.21. The van der Waals surface area contributed by atoms with Crippen molar-refractivity contribution in [3.8, 4) is 5.75 Å². The van der Waals surface area contributed by atoms with Gasteiger partial charge in [-0.3, -0.25) is 0 Å². The maximum absolute atomic E-state index is 13.0. The zero-order valence-electron chi connectivity index (χ0n) is 9.47. The van der Waals surface area contributed by atoms with Gasteiger partial charge in [-0.2, -0.15) is 0 Å². The van der Waals surface area contributed by atoms with E-state index in [4.69, 9.17) is 9.84 Å². The number of hydrogen-bond donors (Lipinski definition) is 2. The van der Waals surface area contributed by atoms with Crippen LogP contribution in [0.2, 0.25) is 0 Å². The summed E-state index contributed by atoms with van der Waals surface area (Å²) in [4.78, 5) is 10.4. The smallest absolute Gasteiger partial charge is 0.341 e. The molecule has 0 fully saturated rings. The van der Waals surface area contributed by atoms with Gasteiger partial charge in [-0.25, -0.2) is 9.18 Å². The van der Waals surface area contributed by atoms with E-state index in [9.17, 15) is 14.3 Å². The van der Waals surface area contributed by atoms with E-state index >= 15 is 0 Å². The molecule has 0 aliphatic rings. The summed E-state index contributed by atoms with van der Waals surface area (Å²) in [5.41, 5.74) is 0.212. The molecule has 0 aliphatic heterocycles. The maximum atomic E-state index is 13.0. The van der Waals surface area contributed by atoms with E-state index < -0.39 is 18.2 Å². The molecule has 0 saturated heterocycles. The molecule has 1 aromatic carbocycles. The van der Waals surface area contributed by atoms with E-state index in [0.717, 1.165) is 6.42 Å². The number of ether oxygens (including phenoxy) is 1. The van der Waals surface area contributed by atoms with Crippen LogP contribution in [-0.2, 0) is 4.79 Å². The molecule has 2 atom stereocenters. The summed E-state index contributed by atoms with van der Waals surface area (Å²) in [6, 6.07) is 6.04. The first-order valence-corrected chi connectivity index (χ1v) is 5.34. The van der Waals surface area contributed by atoms with Crippen molar-refractivity contribution in [3.05, 3.63) is 29.8 Å². The van der Waals surface area contributed by atoms with E-state index in [-0.39, 0.29) is 5.56 Å². The lowest BCUT2D eigenvalue weighted by atomic mass is 10.1. The zero-order valence-corrected chi connectivity index (χ0v) is 9.47. The highest BCUT2D eigenvalue weighted by atomic mass is 19.1. The molecular weight excluding hydrogens is 227 g/mol. The Bertz CT molecular complexity index is 363. The molecule has 2 unspecified atom stereocenters. The fourth-order valence-electron chi connectivity index (χ4n) is 1.29. The minimum Gasteiger partial charge on any atom is -0.494 e. The molecule has 0 radical (unpaired) electrons. The Morgan fingerprint density at radius 1 is 1.41 bits per heavy atom.